The molecule has 0 radical (unpaired) electrons. The molecule has 1 aliphatic heterocycles. The first kappa shape index (κ1) is 19.2. The van der Waals surface area contributed by atoms with Crippen molar-refractivity contribution < 1.29 is 9.59 Å². The van der Waals surface area contributed by atoms with Gasteiger partial charge in [-0.25, -0.2) is 4.98 Å². The minimum Gasteiger partial charge on any atom is -0.368 e. The number of anilines is 2. The van der Waals surface area contributed by atoms with Crippen LogP contribution in [0.4, 0.5) is 11.5 Å². The van der Waals surface area contributed by atoms with Gasteiger partial charge < -0.3 is 15.1 Å². The predicted molar refractivity (Wildman–Crippen MR) is 107 cm³/mol. The Morgan fingerprint density at radius 3 is 2.56 bits per heavy atom. The molecule has 1 saturated heterocycles. The van der Waals surface area contributed by atoms with Crippen LogP contribution < -0.4 is 10.2 Å². The summed E-state index contributed by atoms with van der Waals surface area (Å²) < 4.78 is 0. The largest absolute Gasteiger partial charge is 0.368 e. The fourth-order valence-corrected chi connectivity index (χ4v) is 3.27. The van der Waals surface area contributed by atoms with Crippen LogP contribution in [-0.2, 0) is 9.59 Å². The van der Waals surface area contributed by atoms with E-state index in [4.69, 9.17) is 11.6 Å². The standard InChI is InChI=1S/C20H23ClN4O2/c21-16-5-3-6-17(15-16)24-11-13-25(14-12-24)20(27)9-4-8-19(26)23-18-7-1-2-10-22-18/h1-3,5-7,10,15H,4,8-9,11-14H2,(H,22,23,26). The molecule has 2 amide bonds. The Kier molecular flexibility index (Phi) is 6.65. The summed E-state index contributed by atoms with van der Waals surface area (Å²) in [5.41, 5.74) is 1.08. The van der Waals surface area contributed by atoms with Crippen molar-refractivity contribution in [3.63, 3.8) is 0 Å². The van der Waals surface area contributed by atoms with Crippen molar-refractivity contribution in [2.24, 2.45) is 0 Å². The molecule has 1 N–H and O–H groups in total. The highest BCUT2D eigenvalue weighted by molar-refractivity contribution is 6.30. The number of nitrogens with zero attached hydrogens (tertiary/aromatic N) is 3. The zero-order valence-electron chi connectivity index (χ0n) is 15.1. The van der Waals surface area contributed by atoms with Gasteiger partial charge in [0.25, 0.3) is 0 Å². The number of carbonyl (C=O) groups excluding carboxylic acids is 2. The van der Waals surface area contributed by atoms with Crippen LogP contribution in [0.2, 0.25) is 5.02 Å². The molecule has 0 atom stereocenters. The molecular formula is C20H23ClN4O2. The van der Waals surface area contributed by atoms with Gasteiger partial charge >= 0.3 is 0 Å². The molecule has 0 unspecified atom stereocenters. The number of rotatable bonds is 6. The van der Waals surface area contributed by atoms with Crippen molar-refractivity contribution in [3.05, 3.63) is 53.7 Å². The van der Waals surface area contributed by atoms with Gasteiger partial charge in [-0.3, -0.25) is 9.59 Å². The van der Waals surface area contributed by atoms with Gasteiger partial charge in [0.1, 0.15) is 5.82 Å². The van der Waals surface area contributed by atoms with Crippen LogP contribution in [-0.4, -0.2) is 47.9 Å². The Bertz CT molecular complexity index is 777. The van der Waals surface area contributed by atoms with Gasteiger partial charge in [-0.05, 0) is 36.8 Å². The Labute approximate surface area is 164 Å². The third-order valence-electron chi connectivity index (χ3n) is 4.53. The van der Waals surface area contributed by atoms with Crippen LogP contribution in [0.1, 0.15) is 19.3 Å². The van der Waals surface area contributed by atoms with Crippen molar-refractivity contribution >= 4 is 34.9 Å². The predicted octanol–water partition coefficient (Wildman–Crippen LogP) is 3.19. The van der Waals surface area contributed by atoms with E-state index in [1.54, 1.807) is 18.3 Å². The number of nitrogens with one attached hydrogen (secondary N) is 1. The number of pyridine rings is 1. The summed E-state index contributed by atoms with van der Waals surface area (Å²) in [4.78, 5) is 32.4. The molecule has 1 aromatic carbocycles. The smallest absolute Gasteiger partial charge is 0.225 e. The number of hydrogen-bond donors (Lipinski definition) is 1. The van der Waals surface area contributed by atoms with Crippen LogP contribution in [0.15, 0.2) is 48.7 Å². The van der Waals surface area contributed by atoms with Crippen molar-refractivity contribution in [3.8, 4) is 0 Å². The highest BCUT2D eigenvalue weighted by Gasteiger charge is 2.21. The molecule has 6 nitrogen and oxygen atoms in total. The fourth-order valence-electron chi connectivity index (χ4n) is 3.09. The average molecular weight is 387 g/mol. The second-order valence-electron chi connectivity index (χ2n) is 6.46. The maximum Gasteiger partial charge on any atom is 0.225 e. The van der Waals surface area contributed by atoms with E-state index in [1.165, 1.54) is 0 Å². The second-order valence-corrected chi connectivity index (χ2v) is 6.90. The lowest BCUT2D eigenvalue weighted by molar-refractivity contribution is -0.131. The Morgan fingerprint density at radius 2 is 1.85 bits per heavy atom. The number of piperazine rings is 1. The average Bonchev–Trinajstić information content (AvgIpc) is 2.69. The van der Waals surface area contributed by atoms with E-state index in [9.17, 15) is 9.59 Å². The first-order valence-corrected chi connectivity index (χ1v) is 9.49. The zero-order valence-corrected chi connectivity index (χ0v) is 15.9. The highest BCUT2D eigenvalue weighted by Crippen LogP contribution is 2.21. The van der Waals surface area contributed by atoms with E-state index < -0.39 is 0 Å². The van der Waals surface area contributed by atoms with E-state index in [-0.39, 0.29) is 11.8 Å². The van der Waals surface area contributed by atoms with E-state index in [0.717, 1.165) is 23.8 Å². The summed E-state index contributed by atoms with van der Waals surface area (Å²) >= 11 is 6.05. The molecule has 7 heteroatoms. The molecule has 0 spiro atoms. The summed E-state index contributed by atoms with van der Waals surface area (Å²) in [5, 5.41) is 3.45. The monoisotopic (exact) mass is 386 g/mol. The van der Waals surface area contributed by atoms with E-state index in [0.29, 0.717) is 38.2 Å². The van der Waals surface area contributed by atoms with Gasteiger partial charge in [0.2, 0.25) is 11.8 Å². The zero-order chi connectivity index (χ0) is 19.1. The van der Waals surface area contributed by atoms with Crippen molar-refractivity contribution in [2.75, 3.05) is 36.4 Å². The van der Waals surface area contributed by atoms with Crippen LogP contribution >= 0.6 is 11.6 Å². The van der Waals surface area contributed by atoms with Gasteiger partial charge in [-0.1, -0.05) is 23.7 Å². The van der Waals surface area contributed by atoms with Gasteiger partial charge in [0, 0.05) is 55.9 Å². The first-order chi connectivity index (χ1) is 13.1. The van der Waals surface area contributed by atoms with Crippen LogP contribution in [0.3, 0.4) is 0 Å². The molecule has 0 saturated carbocycles. The number of halogens is 1. The lowest BCUT2D eigenvalue weighted by Gasteiger charge is -2.36. The van der Waals surface area contributed by atoms with Crippen LogP contribution in [0.5, 0.6) is 0 Å². The lowest BCUT2D eigenvalue weighted by Crippen LogP contribution is -2.48. The molecule has 1 fully saturated rings. The maximum absolute atomic E-state index is 12.4. The first-order valence-electron chi connectivity index (χ1n) is 9.11. The third kappa shape index (κ3) is 5.69. The topological polar surface area (TPSA) is 65.5 Å². The minimum atomic E-state index is -0.118. The molecule has 27 heavy (non-hydrogen) atoms. The molecular weight excluding hydrogens is 364 g/mol. The van der Waals surface area contributed by atoms with Crippen molar-refractivity contribution in [1.29, 1.82) is 0 Å². The van der Waals surface area contributed by atoms with E-state index in [2.05, 4.69) is 15.2 Å². The van der Waals surface area contributed by atoms with Crippen molar-refractivity contribution in [2.45, 2.75) is 19.3 Å². The van der Waals surface area contributed by atoms with Crippen LogP contribution in [0.25, 0.3) is 0 Å². The van der Waals surface area contributed by atoms with Crippen molar-refractivity contribution in [1.82, 2.24) is 9.88 Å². The maximum atomic E-state index is 12.4. The highest BCUT2D eigenvalue weighted by atomic mass is 35.5. The summed E-state index contributed by atoms with van der Waals surface area (Å²) in [6.07, 6.45) is 2.85. The normalized spacial score (nSPS) is 14.1. The number of aromatic nitrogens is 1. The lowest BCUT2D eigenvalue weighted by atomic mass is 10.2. The number of carbonyl (C=O) groups is 2. The quantitative estimate of drug-likeness (QED) is 0.828. The van der Waals surface area contributed by atoms with Gasteiger partial charge in [-0.15, -0.1) is 0 Å². The molecule has 1 aromatic heterocycles. The Hall–Kier alpha value is -2.60. The summed E-state index contributed by atoms with van der Waals surface area (Å²) in [6, 6.07) is 13.1. The number of benzene rings is 1. The molecule has 2 aromatic rings. The minimum absolute atomic E-state index is 0.103. The summed E-state index contributed by atoms with van der Waals surface area (Å²) in [5.74, 6) is 0.518. The van der Waals surface area contributed by atoms with E-state index in [1.807, 2.05) is 35.2 Å². The van der Waals surface area contributed by atoms with E-state index >= 15 is 0 Å². The Balaban J connectivity index is 1.37. The molecule has 1 aliphatic rings. The Morgan fingerprint density at radius 1 is 1.04 bits per heavy atom. The molecule has 0 aliphatic carbocycles. The van der Waals surface area contributed by atoms with Gasteiger partial charge in [-0.2, -0.15) is 0 Å². The summed E-state index contributed by atoms with van der Waals surface area (Å²) in [6.45, 7) is 2.94. The summed E-state index contributed by atoms with van der Waals surface area (Å²) in [7, 11) is 0. The second kappa shape index (κ2) is 9.37. The number of amides is 2. The van der Waals surface area contributed by atoms with Crippen LogP contribution in [0, 0.1) is 0 Å². The van der Waals surface area contributed by atoms with Gasteiger partial charge in [0.05, 0.1) is 0 Å². The fraction of sp³-hybridized carbons (Fsp3) is 0.350. The third-order valence-corrected chi connectivity index (χ3v) is 4.77. The van der Waals surface area contributed by atoms with Gasteiger partial charge in [0.15, 0.2) is 0 Å². The molecule has 3 rings (SSSR count). The number of hydrogen-bond acceptors (Lipinski definition) is 4. The molecule has 0 bridgehead atoms. The SMILES string of the molecule is O=C(CCCC(=O)N1CCN(c2cccc(Cl)c2)CC1)Nc1ccccn1. The molecule has 2 heterocycles. The molecule has 142 valence electrons.